The number of aromatic hydroxyl groups is 1. The van der Waals surface area contributed by atoms with Gasteiger partial charge in [0.25, 0.3) is 0 Å². The van der Waals surface area contributed by atoms with E-state index in [1.165, 1.54) is 12.1 Å². The van der Waals surface area contributed by atoms with Crippen molar-refractivity contribution < 1.29 is 23.4 Å². The minimum absolute atomic E-state index is 0.0333. The molecule has 18 heavy (non-hydrogen) atoms. The molecular formula is C11H13NO5S. The van der Waals surface area contributed by atoms with Crippen LogP contribution in [-0.2, 0) is 21.2 Å². The molecule has 2 rings (SSSR count). The summed E-state index contributed by atoms with van der Waals surface area (Å²) in [7, 11) is -3.51. The van der Waals surface area contributed by atoms with Crippen LogP contribution in [0.5, 0.6) is 5.75 Å². The van der Waals surface area contributed by atoms with E-state index in [4.69, 9.17) is 5.11 Å². The summed E-state index contributed by atoms with van der Waals surface area (Å²) in [6.45, 7) is 0. The van der Waals surface area contributed by atoms with Crippen LogP contribution in [0.15, 0.2) is 24.3 Å². The summed E-state index contributed by atoms with van der Waals surface area (Å²) in [6, 6.07) is 6.03. The second kappa shape index (κ2) is 4.25. The Morgan fingerprint density at radius 1 is 1.33 bits per heavy atom. The Kier molecular flexibility index (Phi) is 3.04. The number of sulfonamides is 1. The standard InChI is InChI=1S/C11H13NO5S/c13-9-3-1-8(2-4-9)7-11(10(14)15)5-6-18(16,17)12-11/h1-4,12-13H,5-7H2,(H,14,15). The van der Waals surface area contributed by atoms with Gasteiger partial charge in [-0.1, -0.05) is 12.1 Å². The van der Waals surface area contributed by atoms with E-state index in [-0.39, 0.29) is 24.3 Å². The number of hydrogen-bond acceptors (Lipinski definition) is 4. The minimum atomic E-state index is -3.51. The fraction of sp³-hybridized carbons (Fsp3) is 0.364. The molecule has 1 atom stereocenters. The van der Waals surface area contributed by atoms with Crippen LogP contribution in [0.4, 0.5) is 0 Å². The van der Waals surface area contributed by atoms with Gasteiger partial charge in [-0.25, -0.2) is 8.42 Å². The van der Waals surface area contributed by atoms with Crippen LogP contribution in [0, 0.1) is 0 Å². The molecule has 0 bridgehead atoms. The Morgan fingerprint density at radius 3 is 2.39 bits per heavy atom. The van der Waals surface area contributed by atoms with Gasteiger partial charge in [0.15, 0.2) is 0 Å². The minimum Gasteiger partial charge on any atom is -0.508 e. The van der Waals surface area contributed by atoms with Gasteiger partial charge in [-0.05, 0) is 24.1 Å². The summed E-state index contributed by atoms with van der Waals surface area (Å²) in [5, 5.41) is 18.4. The van der Waals surface area contributed by atoms with E-state index in [1.54, 1.807) is 12.1 Å². The van der Waals surface area contributed by atoms with Crippen molar-refractivity contribution >= 4 is 16.0 Å². The fourth-order valence-electron chi connectivity index (χ4n) is 2.02. The summed E-state index contributed by atoms with van der Waals surface area (Å²) in [6.07, 6.45) is 0.0907. The Bertz CT molecular complexity index is 566. The van der Waals surface area contributed by atoms with E-state index < -0.39 is 21.5 Å². The first-order valence-electron chi connectivity index (χ1n) is 5.36. The molecular weight excluding hydrogens is 258 g/mol. The van der Waals surface area contributed by atoms with Gasteiger partial charge in [0.1, 0.15) is 11.3 Å². The molecule has 0 radical (unpaired) electrons. The summed E-state index contributed by atoms with van der Waals surface area (Å²) in [5.74, 6) is -1.29. The zero-order valence-corrected chi connectivity index (χ0v) is 10.3. The second-order valence-electron chi connectivity index (χ2n) is 4.40. The molecule has 1 aromatic carbocycles. The normalized spacial score (nSPS) is 26.0. The van der Waals surface area contributed by atoms with Crippen LogP contribution in [0.2, 0.25) is 0 Å². The highest BCUT2D eigenvalue weighted by atomic mass is 32.2. The smallest absolute Gasteiger partial charge is 0.325 e. The van der Waals surface area contributed by atoms with Crippen molar-refractivity contribution in [3.63, 3.8) is 0 Å². The zero-order chi connectivity index (χ0) is 13.4. The molecule has 3 N–H and O–H groups in total. The number of phenols is 1. The van der Waals surface area contributed by atoms with E-state index in [0.29, 0.717) is 5.56 Å². The number of rotatable bonds is 3. The maximum Gasteiger partial charge on any atom is 0.325 e. The fourth-order valence-corrected chi connectivity index (χ4v) is 3.60. The molecule has 0 aliphatic carbocycles. The van der Waals surface area contributed by atoms with Crippen molar-refractivity contribution in [3.8, 4) is 5.75 Å². The summed E-state index contributed by atoms with van der Waals surface area (Å²) in [5.41, 5.74) is -0.824. The highest BCUT2D eigenvalue weighted by Crippen LogP contribution is 2.26. The highest BCUT2D eigenvalue weighted by Gasteiger charge is 2.47. The number of phenolic OH excluding ortho intramolecular Hbond substituents is 1. The maximum absolute atomic E-state index is 11.4. The number of aliphatic carboxylic acids is 1. The third-order valence-corrected chi connectivity index (χ3v) is 4.44. The predicted molar refractivity (Wildman–Crippen MR) is 63.7 cm³/mol. The monoisotopic (exact) mass is 271 g/mol. The van der Waals surface area contributed by atoms with E-state index in [9.17, 15) is 18.3 Å². The molecule has 1 aromatic rings. The Hall–Kier alpha value is -1.60. The van der Waals surface area contributed by atoms with Crippen molar-refractivity contribution in [1.29, 1.82) is 0 Å². The van der Waals surface area contributed by atoms with E-state index >= 15 is 0 Å². The van der Waals surface area contributed by atoms with Crippen LogP contribution in [0.3, 0.4) is 0 Å². The maximum atomic E-state index is 11.4. The number of carboxylic acid groups (broad SMARTS) is 1. The third kappa shape index (κ3) is 2.46. The lowest BCUT2D eigenvalue weighted by atomic mass is 9.89. The van der Waals surface area contributed by atoms with Gasteiger partial charge in [-0.3, -0.25) is 4.79 Å². The van der Waals surface area contributed by atoms with Crippen molar-refractivity contribution in [1.82, 2.24) is 4.72 Å². The molecule has 0 spiro atoms. The average molecular weight is 271 g/mol. The van der Waals surface area contributed by atoms with Gasteiger partial charge in [-0.15, -0.1) is 0 Å². The second-order valence-corrected chi connectivity index (χ2v) is 6.24. The molecule has 1 fully saturated rings. The summed E-state index contributed by atoms with van der Waals surface area (Å²) >= 11 is 0. The SMILES string of the molecule is O=C(O)C1(Cc2ccc(O)cc2)CCS(=O)(=O)N1. The average Bonchev–Trinajstić information content (AvgIpc) is 2.59. The first kappa shape index (κ1) is 12.8. The molecule has 1 saturated heterocycles. The van der Waals surface area contributed by atoms with Crippen molar-refractivity contribution in [2.45, 2.75) is 18.4 Å². The quantitative estimate of drug-likeness (QED) is 0.722. The molecule has 98 valence electrons. The zero-order valence-electron chi connectivity index (χ0n) is 9.46. The number of carbonyl (C=O) groups is 1. The molecule has 0 saturated carbocycles. The lowest BCUT2D eigenvalue weighted by Crippen LogP contribution is -2.50. The number of carboxylic acids is 1. The third-order valence-electron chi connectivity index (χ3n) is 3.00. The molecule has 6 nitrogen and oxygen atoms in total. The van der Waals surface area contributed by atoms with Gasteiger partial charge in [-0.2, -0.15) is 4.72 Å². The topological polar surface area (TPSA) is 104 Å². The lowest BCUT2D eigenvalue weighted by molar-refractivity contribution is -0.143. The number of hydrogen-bond donors (Lipinski definition) is 3. The van der Waals surface area contributed by atoms with Crippen molar-refractivity contribution in [3.05, 3.63) is 29.8 Å². The van der Waals surface area contributed by atoms with Crippen LogP contribution in [0.1, 0.15) is 12.0 Å². The van der Waals surface area contributed by atoms with Gasteiger partial charge >= 0.3 is 5.97 Å². The first-order chi connectivity index (χ1) is 8.33. The van der Waals surface area contributed by atoms with Crippen LogP contribution >= 0.6 is 0 Å². The van der Waals surface area contributed by atoms with E-state index in [2.05, 4.69) is 4.72 Å². The van der Waals surface area contributed by atoms with Gasteiger partial charge in [0, 0.05) is 6.42 Å². The van der Waals surface area contributed by atoms with Crippen molar-refractivity contribution in [2.75, 3.05) is 5.75 Å². The number of nitrogens with one attached hydrogen (secondary N) is 1. The van der Waals surface area contributed by atoms with Gasteiger partial charge in [0.05, 0.1) is 5.75 Å². The summed E-state index contributed by atoms with van der Waals surface area (Å²) < 4.78 is 25.0. The van der Waals surface area contributed by atoms with Crippen LogP contribution in [-0.4, -0.2) is 35.9 Å². The predicted octanol–water partition coefficient (Wildman–Crippen LogP) is 0.0812. The van der Waals surface area contributed by atoms with Crippen LogP contribution < -0.4 is 4.72 Å². The number of benzene rings is 1. The van der Waals surface area contributed by atoms with Gasteiger partial charge in [0.2, 0.25) is 10.0 Å². The van der Waals surface area contributed by atoms with Crippen LogP contribution in [0.25, 0.3) is 0 Å². The van der Waals surface area contributed by atoms with E-state index in [1.807, 2.05) is 0 Å². The molecule has 1 aliphatic heterocycles. The molecule has 1 aliphatic rings. The summed E-state index contributed by atoms with van der Waals surface area (Å²) in [4.78, 5) is 11.3. The Balaban J connectivity index is 2.28. The Morgan fingerprint density at radius 2 is 1.94 bits per heavy atom. The van der Waals surface area contributed by atoms with Gasteiger partial charge < -0.3 is 10.2 Å². The first-order valence-corrected chi connectivity index (χ1v) is 7.01. The van der Waals surface area contributed by atoms with E-state index in [0.717, 1.165) is 0 Å². The molecule has 0 aromatic heterocycles. The lowest BCUT2D eigenvalue weighted by Gasteiger charge is -2.23. The Labute approximate surface area is 104 Å². The largest absolute Gasteiger partial charge is 0.508 e. The molecule has 0 amide bonds. The van der Waals surface area contributed by atoms with Crippen molar-refractivity contribution in [2.24, 2.45) is 0 Å². The molecule has 1 unspecified atom stereocenters. The molecule has 7 heteroatoms. The highest BCUT2D eigenvalue weighted by molar-refractivity contribution is 7.89. The molecule has 1 heterocycles.